The Bertz CT molecular complexity index is 1170. The summed E-state index contributed by atoms with van der Waals surface area (Å²) in [6.07, 6.45) is 2.59. The van der Waals surface area contributed by atoms with Crippen LogP contribution in [0.2, 0.25) is 0 Å². The Balaban J connectivity index is 1.74. The third-order valence-corrected chi connectivity index (χ3v) is 5.43. The zero-order chi connectivity index (χ0) is 22.3. The SMILES string of the molecule is CCC(=O)Nc1cccc(NC(=O)c2cc(C3CC3)nc3c2c(C)nn3C(C)(C)C)c1. The lowest BCUT2D eigenvalue weighted by molar-refractivity contribution is -0.115. The van der Waals surface area contributed by atoms with Crippen molar-refractivity contribution in [3.63, 3.8) is 0 Å². The molecule has 2 N–H and O–H groups in total. The minimum Gasteiger partial charge on any atom is -0.326 e. The van der Waals surface area contributed by atoms with Crippen LogP contribution in [0.15, 0.2) is 30.3 Å². The van der Waals surface area contributed by atoms with Crippen LogP contribution in [-0.2, 0) is 10.3 Å². The van der Waals surface area contributed by atoms with Crippen molar-refractivity contribution in [3.8, 4) is 0 Å². The highest BCUT2D eigenvalue weighted by Crippen LogP contribution is 2.41. The second-order valence-corrected chi connectivity index (χ2v) is 9.17. The number of carbonyl (C=O) groups excluding carboxylic acids is 2. The number of nitrogens with one attached hydrogen (secondary N) is 2. The predicted molar refractivity (Wildman–Crippen MR) is 123 cm³/mol. The van der Waals surface area contributed by atoms with E-state index in [2.05, 4.69) is 31.4 Å². The van der Waals surface area contributed by atoms with Crippen molar-refractivity contribution < 1.29 is 9.59 Å². The maximum atomic E-state index is 13.4. The first kappa shape index (κ1) is 21.0. The van der Waals surface area contributed by atoms with Crippen molar-refractivity contribution in [2.75, 3.05) is 10.6 Å². The molecule has 1 aliphatic carbocycles. The van der Waals surface area contributed by atoms with Gasteiger partial charge in [-0.2, -0.15) is 5.10 Å². The number of aryl methyl sites for hydroxylation is 1. The fraction of sp³-hybridized carbons (Fsp3) is 0.417. The molecule has 2 heterocycles. The monoisotopic (exact) mass is 419 g/mol. The highest BCUT2D eigenvalue weighted by atomic mass is 16.2. The van der Waals surface area contributed by atoms with Gasteiger partial charge in [-0.25, -0.2) is 9.67 Å². The van der Waals surface area contributed by atoms with Gasteiger partial charge >= 0.3 is 0 Å². The number of fused-ring (bicyclic) bond motifs is 1. The lowest BCUT2D eigenvalue weighted by atomic mass is 10.1. The third-order valence-electron chi connectivity index (χ3n) is 5.43. The second-order valence-electron chi connectivity index (χ2n) is 9.17. The van der Waals surface area contributed by atoms with Crippen LogP contribution in [0.5, 0.6) is 0 Å². The zero-order valence-corrected chi connectivity index (χ0v) is 18.7. The molecular weight excluding hydrogens is 390 g/mol. The third kappa shape index (κ3) is 4.31. The first-order valence-electron chi connectivity index (χ1n) is 10.8. The second kappa shape index (κ2) is 7.80. The molecule has 1 aliphatic rings. The average molecular weight is 420 g/mol. The molecule has 0 unspecified atom stereocenters. The Morgan fingerprint density at radius 2 is 1.81 bits per heavy atom. The molecule has 7 nitrogen and oxygen atoms in total. The number of anilines is 2. The van der Waals surface area contributed by atoms with Gasteiger partial charge in [0.25, 0.3) is 5.91 Å². The number of hydrogen-bond donors (Lipinski definition) is 2. The van der Waals surface area contributed by atoms with E-state index in [1.54, 1.807) is 19.1 Å². The van der Waals surface area contributed by atoms with E-state index < -0.39 is 0 Å². The van der Waals surface area contributed by atoms with E-state index in [0.29, 0.717) is 29.3 Å². The minimum absolute atomic E-state index is 0.0707. The Morgan fingerprint density at radius 3 is 2.42 bits per heavy atom. The van der Waals surface area contributed by atoms with Gasteiger partial charge in [0.1, 0.15) is 0 Å². The molecule has 0 atom stereocenters. The molecule has 0 bridgehead atoms. The molecular formula is C24H29N5O2. The first-order valence-corrected chi connectivity index (χ1v) is 10.8. The molecule has 3 aromatic rings. The Kier molecular flexibility index (Phi) is 5.29. The van der Waals surface area contributed by atoms with Gasteiger partial charge in [-0.15, -0.1) is 0 Å². The van der Waals surface area contributed by atoms with Crippen LogP contribution in [0.3, 0.4) is 0 Å². The summed E-state index contributed by atoms with van der Waals surface area (Å²) in [7, 11) is 0. The van der Waals surface area contributed by atoms with E-state index in [1.165, 1.54) is 0 Å². The largest absolute Gasteiger partial charge is 0.326 e. The maximum absolute atomic E-state index is 13.4. The summed E-state index contributed by atoms with van der Waals surface area (Å²) < 4.78 is 1.92. The van der Waals surface area contributed by atoms with Crippen LogP contribution in [-0.4, -0.2) is 26.6 Å². The molecule has 162 valence electrons. The number of rotatable bonds is 5. The van der Waals surface area contributed by atoms with Crippen molar-refractivity contribution in [3.05, 3.63) is 47.3 Å². The molecule has 0 radical (unpaired) electrons. The fourth-order valence-corrected chi connectivity index (χ4v) is 3.67. The van der Waals surface area contributed by atoms with Crippen LogP contribution >= 0.6 is 0 Å². The van der Waals surface area contributed by atoms with Crippen LogP contribution in [0.1, 0.15) is 74.6 Å². The zero-order valence-electron chi connectivity index (χ0n) is 18.7. The molecule has 1 saturated carbocycles. The average Bonchev–Trinajstić information content (AvgIpc) is 3.50. The van der Waals surface area contributed by atoms with Crippen molar-refractivity contribution in [2.24, 2.45) is 0 Å². The van der Waals surface area contributed by atoms with Crippen LogP contribution in [0, 0.1) is 6.92 Å². The Hall–Kier alpha value is -3.22. The van der Waals surface area contributed by atoms with Crippen molar-refractivity contribution >= 4 is 34.2 Å². The number of aromatic nitrogens is 3. The van der Waals surface area contributed by atoms with Gasteiger partial charge in [0.15, 0.2) is 5.65 Å². The number of amides is 2. The van der Waals surface area contributed by atoms with Crippen molar-refractivity contribution in [1.82, 2.24) is 14.8 Å². The summed E-state index contributed by atoms with van der Waals surface area (Å²) in [5, 5.41) is 11.3. The minimum atomic E-state index is -0.249. The summed E-state index contributed by atoms with van der Waals surface area (Å²) in [5.74, 6) is 0.135. The van der Waals surface area contributed by atoms with E-state index in [9.17, 15) is 9.59 Å². The van der Waals surface area contributed by atoms with E-state index in [0.717, 1.165) is 35.3 Å². The molecule has 7 heteroatoms. The van der Waals surface area contributed by atoms with Crippen LogP contribution < -0.4 is 10.6 Å². The number of hydrogen-bond acceptors (Lipinski definition) is 4. The van der Waals surface area contributed by atoms with Crippen molar-refractivity contribution in [2.45, 2.75) is 65.3 Å². The fourth-order valence-electron chi connectivity index (χ4n) is 3.67. The highest BCUT2D eigenvalue weighted by molar-refractivity contribution is 6.13. The summed E-state index contributed by atoms with van der Waals surface area (Å²) in [6, 6.07) is 9.10. The standard InChI is InChI=1S/C24H29N5O2/c1-6-20(30)25-16-8-7-9-17(12-16)26-23(31)18-13-19(15-10-11-15)27-22-21(18)14(2)28-29(22)24(3,4)5/h7-9,12-13,15H,6,10-11H2,1-5H3,(H,25,30)(H,26,31). The topological polar surface area (TPSA) is 88.9 Å². The van der Waals surface area contributed by atoms with E-state index >= 15 is 0 Å². The lowest BCUT2D eigenvalue weighted by Crippen LogP contribution is -2.23. The molecule has 2 aromatic heterocycles. The molecule has 0 saturated heterocycles. The molecule has 4 rings (SSSR count). The van der Waals surface area contributed by atoms with E-state index in [1.807, 2.05) is 29.8 Å². The molecule has 1 aromatic carbocycles. The van der Waals surface area contributed by atoms with E-state index in [4.69, 9.17) is 10.1 Å². The summed E-state index contributed by atoms with van der Waals surface area (Å²) >= 11 is 0. The molecule has 0 aliphatic heterocycles. The Labute approximate surface area is 182 Å². The van der Waals surface area contributed by atoms with Gasteiger partial charge in [0, 0.05) is 29.4 Å². The summed E-state index contributed by atoms with van der Waals surface area (Å²) in [4.78, 5) is 30.0. The summed E-state index contributed by atoms with van der Waals surface area (Å²) in [5.41, 5.74) is 4.10. The number of nitrogens with zero attached hydrogens (tertiary/aromatic N) is 3. The van der Waals surface area contributed by atoms with Crippen LogP contribution in [0.25, 0.3) is 11.0 Å². The summed E-state index contributed by atoms with van der Waals surface area (Å²) in [6.45, 7) is 9.97. The van der Waals surface area contributed by atoms with Gasteiger partial charge in [-0.3, -0.25) is 9.59 Å². The van der Waals surface area contributed by atoms with E-state index in [-0.39, 0.29) is 17.4 Å². The smallest absolute Gasteiger partial charge is 0.256 e. The highest BCUT2D eigenvalue weighted by Gasteiger charge is 2.30. The lowest BCUT2D eigenvalue weighted by Gasteiger charge is -2.20. The van der Waals surface area contributed by atoms with Gasteiger partial charge in [-0.05, 0) is 64.8 Å². The number of benzene rings is 1. The maximum Gasteiger partial charge on any atom is 0.256 e. The van der Waals surface area contributed by atoms with Gasteiger partial charge in [-0.1, -0.05) is 13.0 Å². The van der Waals surface area contributed by atoms with Gasteiger partial charge in [0.05, 0.1) is 22.2 Å². The molecule has 0 spiro atoms. The predicted octanol–water partition coefficient (Wildman–Crippen LogP) is 4.97. The molecule has 31 heavy (non-hydrogen) atoms. The molecule has 1 fully saturated rings. The van der Waals surface area contributed by atoms with Crippen LogP contribution in [0.4, 0.5) is 11.4 Å². The normalized spacial score (nSPS) is 14.0. The quantitative estimate of drug-likeness (QED) is 0.611. The Morgan fingerprint density at radius 1 is 1.13 bits per heavy atom. The van der Waals surface area contributed by atoms with Crippen molar-refractivity contribution in [1.29, 1.82) is 0 Å². The number of pyridine rings is 1. The molecule has 2 amide bonds. The first-order chi connectivity index (χ1) is 14.7. The van der Waals surface area contributed by atoms with Gasteiger partial charge < -0.3 is 10.6 Å². The number of carbonyl (C=O) groups is 2. The van der Waals surface area contributed by atoms with Gasteiger partial charge in [0.2, 0.25) is 5.91 Å².